The zero-order chi connectivity index (χ0) is 14.4. The second kappa shape index (κ2) is 6.95. The lowest BCUT2D eigenvalue weighted by atomic mass is 10.2. The van der Waals surface area contributed by atoms with Crippen molar-refractivity contribution in [3.63, 3.8) is 0 Å². The molecule has 1 N–H and O–H groups in total. The lowest BCUT2D eigenvalue weighted by molar-refractivity contribution is -0.116. The van der Waals surface area contributed by atoms with E-state index in [0.717, 1.165) is 5.56 Å². The van der Waals surface area contributed by atoms with Gasteiger partial charge in [0, 0.05) is 0 Å². The molecule has 0 aromatic heterocycles. The standard InChI is InChI=1S/C13H15N3O3S/c1-3-19-10-5-4-9(6-11(10)18-2)7-14-16-13-15-12(17)8-20-13/h4-7H,3,8H2,1-2H3,(H,15,16,17). The van der Waals surface area contributed by atoms with E-state index in [0.29, 0.717) is 29.0 Å². The Morgan fingerprint density at radius 3 is 2.95 bits per heavy atom. The van der Waals surface area contributed by atoms with Crippen molar-refractivity contribution in [2.45, 2.75) is 6.92 Å². The molecule has 1 aliphatic heterocycles. The number of nitrogens with one attached hydrogen (secondary N) is 1. The smallest absolute Gasteiger partial charge is 0.236 e. The third kappa shape index (κ3) is 3.74. The second-order valence-electron chi connectivity index (χ2n) is 3.83. The zero-order valence-corrected chi connectivity index (χ0v) is 12.1. The lowest BCUT2D eigenvalue weighted by Gasteiger charge is -2.09. The number of amides is 1. The first kappa shape index (κ1) is 14.4. The second-order valence-corrected chi connectivity index (χ2v) is 4.79. The van der Waals surface area contributed by atoms with Crippen LogP contribution in [0.3, 0.4) is 0 Å². The number of nitrogens with zero attached hydrogens (tertiary/aromatic N) is 2. The number of methoxy groups -OCH3 is 1. The van der Waals surface area contributed by atoms with Gasteiger partial charge in [0.25, 0.3) is 0 Å². The van der Waals surface area contributed by atoms with Crippen molar-refractivity contribution in [3.8, 4) is 11.5 Å². The highest BCUT2D eigenvalue weighted by atomic mass is 32.2. The normalized spacial score (nSPS) is 16.7. The number of hydrogen-bond acceptors (Lipinski definition) is 6. The predicted molar refractivity (Wildman–Crippen MR) is 79.8 cm³/mol. The number of amidine groups is 1. The van der Waals surface area contributed by atoms with Crippen molar-refractivity contribution in [1.29, 1.82) is 0 Å². The third-order valence-corrected chi connectivity index (χ3v) is 3.29. The molecule has 2 rings (SSSR count). The van der Waals surface area contributed by atoms with E-state index < -0.39 is 0 Å². The molecule has 0 aliphatic carbocycles. The molecule has 20 heavy (non-hydrogen) atoms. The number of carbonyl (C=O) groups excluding carboxylic acids is 1. The van der Waals surface area contributed by atoms with E-state index in [9.17, 15) is 4.79 Å². The van der Waals surface area contributed by atoms with Gasteiger partial charge in [-0.25, -0.2) is 0 Å². The van der Waals surface area contributed by atoms with Crippen LogP contribution < -0.4 is 14.8 Å². The van der Waals surface area contributed by atoms with Crippen molar-refractivity contribution in [2.24, 2.45) is 10.2 Å². The summed E-state index contributed by atoms with van der Waals surface area (Å²) in [5.74, 6) is 1.68. The van der Waals surface area contributed by atoms with Crippen molar-refractivity contribution in [3.05, 3.63) is 23.8 Å². The van der Waals surface area contributed by atoms with Gasteiger partial charge in [-0.2, -0.15) is 5.10 Å². The third-order valence-electron chi connectivity index (χ3n) is 2.43. The maximum absolute atomic E-state index is 11.0. The number of ether oxygens (including phenoxy) is 2. The van der Waals surface area contributed by atoms with E-state index in [4.69, 9.17) is 9.47 Å². The van der Waals surface area contributed by atoms with Gasteiger partial charge in [-0.15, -0.1) is 5.10 Å². The summed E-state index contributed by atoms with van der Waals surface area (Å²) < 4.78 is 10.7. The van der Waals surface area contributed by atoms with Gasteiger partial charge in [-0.3, -0.25) is 4.79 Å². The highest BCUT2D eigenvalue weighted by Crippen LogP contribution is 2.27. The van der Waals surface area contributed by atoms with Crippen LogP contribution in [0.15, 0.2) is 28.4 Å². The Bertz CT molecular complexity index is 558. The predicted octanol–water partition coefficient (Wildman–Crippen LogP) is 1.65. The lowest BCUT2D eigenvalue weighted by Crippen LogP contribution is -2.19. The van der Waals surface area contributed by atoms with Crippen molar-refractivity contribution in [1.82, 2.24) is 5.32 Å². The maximum atomic E-state index is 11.0. The van der Waals surface area contributed by atoms with Gasteiger partial charge in [0.15, 0.2) is 16.7 Å². The van der Waals surface area contributed by atoms with Gasteiger partial charge >= 0.3 is 0 Å². The van der Waals surface area contributed by atoms with Crippen molar-refractivity contribution >= 4 is 29.1 Å². The molecule has 1 aromatic carbocycles. The van der Waals surface area contributed by atoms with Crippen LogP contribution in [-0.2, 0) is 4.79 Å². The fourth-order valence-corrected chi connectivity index (χ4v) is 2.20. The van der Waals surface area contributed by atoms with Crippen LogP contribution in [0, 0.1) is 0 Å². The SMILES string of the molecule is CCOc1ccc(C=NN=C2NC(=O)CS2)cc1OC. The number of hydrogen-bond donors (Lipinski definition) is 1. The Hall–Kier alpha value is -2.02. The minimum absolute atomic E-state index is 0.0494. The van der Waals surface area contributed by atoms with Gasteiger partial charge in [0.1, 0.15) is 0 Å². The Morgan fingerprint density at radius 1 is 1.45 bits per heavy atom. The van der Waals surface area contributed by atoms with E-state index in [-0.39, 0.29) is 5.91 Å². The topological polar surface area (TPSA) is 72.3 Å². The van der Waals surface area contributed by atoms with E-state index in [1.807, 2.05) is 25.1 Å². The van der Waals surface area contributed by atoms with E-state index >= 15 is 0 Å². The molecule has 1 aliphatic rings. The number of rotatable bonds is 5. The van der Waals surface area contributed by atoms with Crippen LogP contribution in [0.25, 0.3) is 0 Å². The Labute approximate surface area is 121 Å². The highest BCUT2D eigenvalue weighted by Gasteiger charge is 2.15. The summed E-state index contributed by atoms with van der Waals surface area (Å²) in [6.45, 7) is 2.49. The summed E-state index contributed by atoms with van der Waals surface area (Å²) in [6.07, 6.45) is 1.59. The molecule has 0 atom stereocenters. The van der Waals surface area contributed by atoms with E-state index in [2.05, 4.69) is 15.5 Å². The minimum atomic E-state index is -0.0494. The summed E-state index contributed by atoms with van der Waals surface area (Å²) in [4.78, 5) is 11.0. The summed E-state index contributed by atoms with van der Waals surface area (Å²) in [5.41, 5.74) is 0.837. The maximum Gasteiger partial charge on any atom is 0.236 e. The summed E-state index contributed by atoms with van der Waals surface area (Å²) in [6, 6.07) is 5.50. The van der Waals surface area contributed by atoms with Crippen molar-refractivity contribution in [2.75, 3.05) is 19.5 Å². The molecule has 106 valence electrons. The Morgan fingerprint density at radius 2 is 2.30 bits per heavy atom. The van der Waals surface area contributed by atoms with Crippen LogP contribution in [-0.4, -0.2) is 36.8 Å². The molecule has 1 fully saturated rings. The molecule has 1 aromatic rings. The Balaban J connectivity index is 2.07. The molecule has 1 heterocycles. The number of thioether (sulfide) groups is 1. The molecule has 1 amide bonds. The van der Waals surface area contributed by atoms with Crippen LogP contribution in [0.1, 0.15) is 12.5 Å². The first-order valence-corrected chi connectivity index (χ1v) is 7.06. The van der Waals surface area contributed by atoms with Crippen molar-refractivity contribution < 1.29 is 14.3 Å². The summed E-state index contributed by atoms with van der Waals surface area (Å²) in [5, 5.41) is 11.0. The van der Waals surface area contributed by atoms with Gasteiger partial charge in [0.05, 0.1) is 25.7 Å². The van der Waals surface area contributed by atoms with E-state index in [1.165, 1.54) is 11.8 Å². The zero-order valence-electron chi connectivity index (χ0n) is 11.3. The largest absolute Gasteiger partial charge is 0.493 e. The Kier molecular flexibility index (Phi) is 5.00. The fraction of sp³-hybridized carbons (Fsp3) is 0.308. The molecular formula is C13H15N3O3S. The van der Waals surface area contributed by atoms with Gasteiger partial charge in [-0.1, -0.05) is 11.8 Å². The number of benzene rings is 1. The molecule has 1 saturated heterocycles. The van der Waals surface area contributed by atoms with Crippen LogP contribution in [0.5, 0.6) is 11.5 Å². The molecule has 0 bridgehead atoms. The quantitative estimate of drug-likeness (QED) is 0.662. The van der Waals surface area contributed by atoms with Crippen LogP contribution >= 0.6 is 11.8 Å². The average Bonchev–Trinajstić information content (AvgIpc) is 2.86. The van der Waals surface area contributed by atoms with Gasteiger partial charge < -0.3 is 14.8 Å². The minimum Gasteiger partial charge on any atom is -0.493 e. The summed E-state index contributed by atoms with van der Waals surface area (Å²) >= 11 is 1.33. The number of carbonyl (C=O) groups is 1. The first-order valence-electron chi connectivity index (χ1n) is 6.07. The monoisotopic (exact) mass is 293 g/mol. The summed E-state index contributed by atoms with van der Waals surface area (Å²) in [7, 11) is 1.59. The van der Waals surface area contributed by atoms with Crippen LogP contribution in [0.4, 0.5) is 0 Å². The van der Waals surface area contributed by atoms with Gasteiger partial charge in [0.2, 0.25) is 5.91 Å². The molecular weight excluding hydrogens is 278 g/mol. The molecule has 0 saturated carbocycles. The van der Waals surface area contributed by atoms with E-state index in [1.54, 1.807) is 13.3 Å². The molecule has 0 unspecified atom stereocenters. The molecule has 7 heteroatoms. The molecule has 0 radical (unpaired) electrons. The molecule has 6 nitrogen and oxygen atoms in total. The average molecular weight is 293 g/mol. The highest BCUT2D eigenvalue weighted by molar-refractivity contribution is 8.15. The fourth-order valence-electron chi connectivity index (χ4n) is 1.57. The first-order chi connectivity index (χ1) is 9.72. The molecule has 0 spiro atoms. The van der Waals surface area contributed by atoms with Crippen LogP contribution in [0.2, 0.25) is 0 Å². The van der Waals surface area contributed by atoms with Gasteiger partial charge in [-0.05, 0) is 30.7 Å².